The fourth-order valence-electron chi connectivity index (χ4n) is 3.48. The van der Waals surface area contributed by atoms with Crippen molar-refractivity contribution in [2.75, 3.05) is 36.0 Å². The van der Waals surface area contributed by atoms with Gasteiger partial charge in [-0.3, -0.25) is 0 Å². The van der Waals surface area contributed by atoms with Crippen LogP contribution >= 0.6 is 0 Å². The summed E-state index contributed by atoms with van der Waals surface area (Å²) in [6, 6.07) is 14.9. The zero-order valence-electron chi connectivity index (χ0n) is 16.7. The first kappa shape index (κ1) is 21.2. The first-order chi connectivity index (χ1) is 14.9. The molecule has 2 aromatic carbocycles. The number of aromatic nitrogens is 1. The molecule has 0 amide bonds. The molecule has 31 heavy (non-hydrogen) atoms. The Morgan fingerprint density at radius 3 is 2.29 bits per heavy atom. The molecule has 1 aliphatic heterocycles. The van der Waals surface area contributed by atoms with E-state index in [0.29, 0.717) is 0 Å². The molecule has 0 bridgehead atoms. The molecule has 9 heteroatoms. The molecule has 6 nitrogen and oxygen atoms in total. The molecule has 0 atom stereocenters. The number of rotatable bonds is 6. The molecule has 3 aromatic rings. The summed E-state index contributed by atoms with van der Waals surface area (Å²) in [6.45, 7) is 3.09. The summed E-state index contributed by atoms with van der Waals surface area (Å²) < 4.78 is 53.8. The number of benzene rings is 2. The summed E-state index contributed by atoms with van der Waals surface area (Å²) >= 11 is 0. The van der Waals surface area contributed by atoms with Crippen LogP contribution in [-0.4, -0.2) is 39.6 Å². The van der Waals surface area contributed by atoms with Crippen molar-refractivity contribution in [1.82, 2.24) is 9.71 Å². The Balaban J connectivity index is 1.38. The molecule has 0 spiro atoms. The second-order valence-corrected chi connectivity index (χ2v) is 9.02. The van der Waals surface area contributed by atoms with Gasteiger partial charge in [-0.2, -0.15) is 0 Å². The zero-order chi connectivity index (χ0) is 21.8. The number of hydrogen-bond acceptors (Lipinski definition) is 5. The Morgan fingerprint density at radius 1 is 0.871 bits per heavy atom. The van der Waals surface area contributed by atoms with E-state index in [1.54, 1.807) is 24.4 Å². The lowest BCUT2D eigenvalue weighted by Gasteiger charge is -2.36. The first-order valence-electron chi connectivity index (χ1n) is 9.86. The molecule has 162 valence electrons. The van der Waals surface area contributed by atoms with Gasteiger partial charge in [0, 0.05) is 44.6 Å². The molecule has 0 unspecified atom stereocenters. The topological polar surface area (TPSA) is 65.5 Å². The monoisotopic (exact) mass is 444 g/mol. The van der Waals surface area contributed by atoms with Crippen molar-refractivity contribution in [2.45, 2.75) is 11.4 Å². The molecule has 0 saturated carbocycles. The Hall–Kier alpha value is -3.04. The van der Waals surface area contributed by atoms with Crippen molar-refractivity contribution < 1.29 is 17.2 Å². The number of anilines is 2. The minimum atomic E-state index is -3.82. The maximum absolute atomic E-state index is 13.3. The smallest absolute Gasteiger partial charge is 0.240 e. The second kappa shape index (κ2) is 8.99. The molecule has 0 radical (unpaired) electrons. The number of pyridine rings is 1. The van der Waals surface area contributed by atoms with Gasteiger partial charge in [0.05, 0.1) is 4.90 Å². The summed E-state index contributed by atoms with van der Waals surface area (Å²) in [7, 11) is -3.82. The van der Waals surface area contributed by atoms with Crippen LogP contribution in [0.1, 0.15) is 5.56 Å². The quantitative estimate of drug-likeness (QED) is 0.633. The van der Waals surface area contributed by atoms with Gasteiger partial charge < -0.3 is 9.80 Å². The highest BCUT2D eigenvalue weighted by Gasteiger charge is 2.19. The average molecular weight is 445 g/mol. The van der Waals surface area contributed by atoms with Gasteiger partial charge in [-0.25, -0.2) is 26.9 Å². The van der Waals surface area contributed by atoms with Crippen LogP contribution in [0.5, 0.6) is 0 Å². The van der Waals surface area contributed by atoms with Crippen LogP contribution in [0, 0.1) is 11.6 Å². The van der Waals surface area contributed by atoms with Crippen molar-refractivity contribution in [3.63, 3.8) is 0 Å². The molecule has 2 heterocycles. The predicted octanol–water partition coefficient (Wildman–Crippen LogP) is 3.16. The maximum Gasteiger partial charge on any atom is 0.240 e. The number of halogens is 2. The van der Waals surface area contributed by atoms with Crippen molar-refractivity contribution in [3.05, 3.63) is 84.1 Å². The number of sulfonamides is 1. The van der Waals surface area contributed by atoms with E-state index in [9.17, 15) is 17.2 Å². The van der Waals surface area contributed by atoms with E-state index >= 15 is 0 Å². The van der Waals surface area contributed by atoms with Crippen LogP contribution in [0.25, 0.3) is 0 Å². The molecule has 0 aliphatic carbocycles. The number of piperazine rings is 1. The SMILES string of the molecule is O=S(=O)(NCc1ccnc(N2CCN(c3ccc(F)cc3)CC2)c1)c1cccc(F)c1. The van der Waals surface area contributed by atoms with E-state index in [1.165, 1.54) is 30.3 Å². The third kappa shape index (κ3) is 5.18. The summed E-state index contributed by atoms with van der Waals surface area (Å²) in [6.07, 6.45) is 1.65. The van der Waals surface area contributed by atoms with Crippen LogP contribution in [0.3, 0.4) is 0 Å². The molecule has 1 aliphatic rings. The fourth-order valence-corrected chi connectivity index (χ4v) is 4.53. The van der Waals surface area contributed by atoms with Gasteiger partial charge in [-0.05, 0) is 60.2 Å². The second-order valence-electron chi connectivity index (χ2n) is 7.25. The molecule has 1 N–H and O–H groups in total. The van der Waals surface area contributed by atoms with Gasteiger partial charge >= 0.3 is 0 Å². The van der Waals surface area contributed by atoms with E-state index in [1.807, 2.05) is 6.07 Å². The standard InChI is InChI=1S/C22H22F2N4O2S/c23-18-4-6-20(7-5-18)27-10-12-28(13-11-27)22-14-17(8-9-25-22)16-26-31(29,30)21-3-1-2-19(24)15-21/h1-9,14-15,26H,10-13,16H2. The van der Waals surface area contributed by atoms with Crippen molar-refractivity contribution in [2.24, 2.45) is 0 Å². The minimum absolute atomic E-state index is 0.0733. The first-order valence-corrected chi connectivity index (χ1v) is 11.3. The zero-order valence-corrected chi connectivity index (χ0v) is 17.5. The van der Waals surface area contributed by atoms with Crippen LogP contribution < -0.4 is 14.5 Å². The van der Waals surface area contributed by atoms with E-state index in [0.717, 1.165) is 49.3 Å². The normalized spacial score (nSPS) is 14.6. The molecule has 1 fully saturated rings. The largest absolute Gasteiger partial charge is 0.368 e. The number of hydrogen-bond donors (Lipinski definition) is 1. The Bertz CT molecular complexity index is 1150. The van der Waals surface area contributed by atoms with Crippen molar-refractivity contribution in [3.8, 4) is 0 Å². The highest BCUT2D eigenvalue weighted by molar-refractivity contribution is 7.89. The summed E-state index contributed by atoms with van der Waals surface area (Å²) in [5.41, 5.74) is 1.74. The molecular weight excluding hydrogens is 422 g/mol. The lowest BCUT2D eigenvalue weighted by Crippen LogP contribution is -2.46. The highest BCUT2D eigenvalue weighted by Crippen LogP contribution is 2.20. The lowest BCUT2D eigenvalue weighted by atomic mass is 10.2. The predicted molar refractivity (Wildman–Crippen MR) is 115 cm³/mol. The Morgan fingerprint density at radius 2 is 1.58 bits per heavy atom. The van der Waals surface area contributed by atoms with Gasteiger partial charge in [0.25, 0.3) is 0 Å². The average Bonchev–Trinajstić information content (AvgIpc) is 2.79. The van der Waals surface area contributed by atoms with E-state index in [4.69, 9.17) is 0 Å². The molecule has 1 aromatic heterocycles. The lowest BCUT2D eigenvalue weighted by molar-refractivity contribution is 0.577. The Kier molecular flexibility index (Phi) is 6.15. The highest BCUT2D eigenvalue weighted by atomic mass is 32.2. The van der Waals surface area contributed by atoms with Crippen molar-refractivity contribution >= 4 is 21.5 Å². The number of nitrogens with one attached hydrogen (secondary N) is 1. The van der Waals surface area contributed by atoms with Gasteiger partial charge in [0.15, 0.2) is 0 Å². The van der Waals surface area contributed by atoms with Crippen LogP contribution in [-0.2, 0) is 16.6 Å². The fraction of sp³-hybridized carbons (Fsp3) is 0.227. The molecule has 1 saturated heterocycles. The summed E-state index contributed by atoms with van der Waals surface area (Å²) in [5.74, 6) is -0.0912. The number of nitrogens with zero attached hydrogens (tertiary/aromatic N) is 3. The molecule has 4 rings (SSSR count). The van der Waals surface area contributed by atoms with E-state index < -0.39 is 15.8 Å². The van der Waals surface area contributed by atoms with Crippen molar-refractivity contribution in [1.29, 1.82) is 0 Å². The summed E-state index contributed by atoms with van der Waals surface area (Å²) in [5, 5.41) is 0. The third-order valence-electron chi connectivity index (χ3n) is 5.18. The van der Waals surface area contributed by atoms with Crippen LogP contribution in [0.2, 0.25) is 0 Å². The van der Waals surface area contributed by atoms with Gasteiger partial charge in [-0.1, -0.05) is 6.07 Å². The third-order valence-corrected chi connectivity index (χ3v) is 6.58. The van der Waals surface area contributed by atoms with Crippen LogP contribution in [0.15, 0.2) is 71.8 Å². The minimum Gasteiger partial charge on any atom is -0.368 e. The van der Waals surface area contributed by atoms with Gasteiger partial charge in [0.1, 0.15) is 17.5 Å². The van der Waals surface area contributed by atoms with Gasteiger partial charge in [0.2, 0.25) is 10.0 Å². The Labute approximate surface area is 180 Å². The van der Waals surface area contributed by atoms with Crippen LogP contribution in [0.4, 0.5) is 20.3 Å². The molecular formula is C22H22F2N4O2S. The van der Waals surface area contributed by atoms with E-state index in [-0.39, 0.29) is 17.3 Å². The van der Waals surface area contributed by atoms with E-state index in [2.05, 4.69) is 19.5 Å². The van der Waals surface area contributed by atoms with Gasteiger partial charge in [-0.15, -0.1) is 0 Å². The summed E-state index contributed by atoms with van der Waals surface area (Å²) in [4.78, 5) is 8.62. The maximum atomic E-state index is 13.3.